The van der Waals surface area contributed by atoms with E-state index < -0.39 is 22.0 Å². The number of carbonyl (C=O) groups is 2. The predicted octanol–water partition coefficient (Wildman–Crippen LogP) is 4.67. The van der Waals surface area contributed by atoms with Crippen molar-refractivity contribution >= 4 is 48.8 Å². The summed E-state index contributed by atoms with van der Waals surface area (Å²) in [5, 5.41) is 12.7. The standard InChI is InChI=1S/C28H35N5O6S2/c1-39-24-13-12-23-26(31-24)40-27(30-23)32-25(34)22(15-18-5-2-3-6-18)20-8-10-21(11-9-20)41(37,38)29-16-19-7-4-14-33(17-19)28(35)36/h8-13,18-19,22,29H,2-7,14-17H2,1H3,(H,35,36)(H,30,32,34). The summed E-state index contributed by atoms with van der Waals surface area (Å²) in [7, 11) is -2.25. The molecule has 2 amide bonds. The quantitative estimate of drug-likeness (QED) is 0.303. The third-order valence-corrected chi connectivity index (χ3v) is 10.3. The zero-order valence-corrected chi connectivity index (χ0v) is 24.5. The van der Waals surface area contributed by atoms with Gasteiger partial charge in [0.1, 0.15) is 10.3 Å². The van der Waals surface area contributed by atoms with Crippen molar-refractivity contribution < 1.29 is 27.9 Å². The number of amides is 2. The molecule has 3 aromatic rings. The molecule has 3 heterocycles. The van der Waals surface area contributed by atoms with Crippen molar-refractivity contribution in [2.45, 2.75) is 55.8 Å². The molecule has 2 aromatic heterocycles. The molecule has 0 radical (unpaired) electrons. The summed E-state index contributed by atoms with van der Waals surface area (Å²) in [6, 6.07) is 10.0. The third kappa shape index (κ3) is 7.14. The number of nitrogens with zero attached hydrogens (tertiary/aromatic N) is 3. The van der Waals surface area contributed by atoms with Crippen molar-refractivity contribution in [3.63, 3.8) is 0 Å². The van der Waals surface area contributed by atoms with Crippen LogP contribution in [0.1, 0.15) is 56.4 Å². The highest BCUT2D eigenvalue weighted by Crippen LogP contribution is 2.36. The van der Waals surface area contributed by atoms with Crippen LogP contribution in [0.15, 0.2) is 41.3 Å². The molecule has 220 valence electrons. The van der Waals surface area contributed by atoms with Crippen LogP contribution in [0.3, 0.4) is 0 Å². The number of ether oxygens (including phenoxy) is 1. The van der Waals surface area contributed by atoms with E-state index in [9.17, 15) is 23.1 Å². The smallest absolute Gasteiger partial charge is 0.407 e. The van der Waals surface area contributed by atoms with Gasteiger partial charge in [0.25, 0.3) is 0 Å². The van der Waals surface area contributed by atoms with Gasteiger partial charge < -0.3 is 20.1 Å². The Bertz CT molecular complexity index is 1490. The number of piperidine rings is 1. The molecule has 1 aromatic carbocycles. The molecule has 41 heavy (non-hydrogen) atoms. The Kier molecular flexibility index (Phi) is 9.05. The number of aromatic nitrogens is 2. The molecule has 11 nitrogen and oxygen atoms in total. The number of rotatable bonds is 10. The Balaban J connectivity index is 1.29. The van der Waals surface area contributed by atoms with Crippen LogP contribution in [-0.2, 0) is 14.8 Å². The molecular formula is C28H35N5O6S2. The number of pyridine rings is 1. The molecule has 2 fully saturated rings. The van der Waals surface area contributed by atoms with Crippen molar-refractivity contribution in [3.05, 3.63) is 42.0 Å². The minimum Gasteiger partial charge on any atom is -0.481 e. The highest BCUT2D eigenvalue weighted by atomic mass is 32.2. The number of hydrogen-bond acceptors (Lipinski definition) is 8. The minimum absolute atomic E-state index is 0.0767. The fourth-order valence-corrected chi connectivity index (χ4v) is 7.68. The zero-order valence-electron chi connectivity index (χ0n) is 22.9. The number of sulfonamides is 1. The summed E-state index contributed by atoms with van der Waals surface area (Å²) in [5.74, 6) is 0.187. The molecule has 2 aliphatic rings. The van der Waals surface area contributed by atoms with Gasteiger partial charge in [-0.15, -0.1) is 0 Å². The monoisotopic (exact) mass is 601 g/mol. The van der Waals surface area contributed by atoms with Crippen LogP contribution in [0, 0.1) is 11.8 Å². The normalized spacial score (nSPS) is 18.9. The number of benzene rings is 1. The highest BCUT2D eigenvalue weighted by Gasteiger charge is 2.29. The molecule has 2 unspecified atom stereocenters. The Morgan fingerprint density at radius 1 is 1.07 bits per heavy atom. The molecule has 3 N–H and O–H groups in total. The van der Waals surface area contributed by atoms with Gasteiger partial charge in [0, 0.05) is 25.7 Å². The first-order valence-corrected chi connectivity index (χ1v) is 16.2. The fourth-order valence-electron chi connectivity index (χ4n) is 5.73. The number of nitrogens with one attached hydrogen (secondary N) is 2. The van der Waals surface area contributed by atoms with Gasteiger partial charge in [-0.3, -0.25) is 4.79 Å². The lowest BCUT2D eigenvalue weighted by atomic mass is 9.87. The fraction of sp³-hybridized carbons (Fsp3) is 0.500. The Morgan fingerprint density at radius 3 is 2.51 bits per heavy atom. The number of anilines is 1. The zero-order chi connectivity index (χ0) is 29.0. The predicted molar refractivity (Wildman–Crippen MR) is 156 cm³/mol. The molecule has 1 aliphatic heterocycles. The van der Waals surface area contributed by atoms with Crippen LogP contribution in [0.4, 0.5) is 9.93 Å². The van der Waals surface area contributed by atoms with Crippen LogP contribution in [0.2, 0.25) is 0 Å². The number of hydrogen-bond donors (Lipinski definition) is 3. The van der Waals surface area contributed by atoms with Gasteiger partial charge in [0.2, 0.25) is 21.8 Å². The van der Waals surface area contributed by atoms with E-state index in [1.807, 2.05) is 0 Å². The summed E-state index contributed by atoms with van der Waals surface area (Å²) in [4.78, 5) is 35.8. The largest absolute Gasteiger partial charge is 0.481 e. The minimum atomic E-state index is -3.79. The van der Waals surface area contributed by atoms with Gasteiger partial charge in [0.15, 0.2) is 5.13 Å². The molecular weight excluding hydrogens is 566 g/mol. The number of carboxylic acid groups (broad SMARTS) is 1. The van der Waals surface area contributed by atoms with E-state index >= 15 is 0 Å². The number of carbonyl (C=O) groups excluding carboxylic acids is 1. The van der Waals surface area contributed by atoms with Crippen LogP contribution in [0.25, 0.3) is 10.3 Å². The second kappa shape index (κ2) is 12.7. The summed E-state index contributed by atoms with van der Waals surface area (Å²) >= 11 is 1.28. The number of likely N-dealkylation sites (tertiary alicyclic amines) is 1. The van der Waals surface area contributed by atoms with Crippen LogP contribution in [-0.4, -0.2) is 67.1 Å². The molecule has 2 atom stereocenters. The average molecular weight is 602 g/mol. The summed E-state index contributed by atoms with van der Waals surface area (Å²) < 4.78 is 33.9. The molecule has 1 saturated heterocycles. The lowest BCUT2D eigenvalue weighted by Crippen LogP contribution is -2.43. The molecule has 5 rings (SSSR count). The highest BCUT2D eigenvalue weighted by molar-refractivity contribution is 7.89. The number of thiazole rings is 1. The maximum absolute atomic E-state index is 13.6. The second-order valence-electron chi connectivity index (χ2n) is 10.8. The van der Waals surface area contributed by atoms with Crippen molar-refractivity contribution in [3.8, 4) is 5.88 Å². The molecule has 13 heteroatoms. The van der Waals surface area contributed by atoms with E-state index in [0.717, 1.165) is 37.7 Å². The van der Waals surface area contributed by atoms with Crippen LogP contribution >= 0.6 is 11.3 Å². The van der Waals surface area contributed by atoms with Gasteiger partial charge in [-0.05, 0) is 54.9 Å². The Morgan fingerprint density at radius 2 is 1.80 bits per heavy atom. The molecule has 1 saturated carbocycles. The number of fused-ring (bicyclic) bond motifs is 1. The second-order valence-corrected chi connectivity index (χ2v) is 13.5. The van der Waals surface area contributed by atoms with Crippen LogP contribution < -0.4 is 14.8 Å². The van der Waals surface area contributed by atoms with E-state index in [1.165, 1.54) is 28.4 Å². The molecule has 0 spiro atoms. The number of methoxy groups -OCH3 is 1. The summed E-state index contributed by atoms with van der Waals surface area (Å²) in [5.41, 5.74) is 1.42. The van der Waals surface area contributed by atoms with Gasteiger partial charge >= 0.3 is 6.09 Å². The molecule has 0 bridgehead atoms. The lowest BCUT2D eigenvalue weighted by Gasteiger charge is -2.30. The van der Waals surface area contributed by atoms with Crippen molar-refractivity contribution in [1.82, 2.24) is 19.6 Å². The Hall–Kier alpha value is -3.29. The lowest BCUT2D eigenvalue weighted by molar-refractivity contribution is -0.118. The van der Waals surface area contributed by atoms with E-state index in [2.05, 4.69) is 20.0 Å². The third-order valence-electron chi connectivity index (χ3n) is 7.97. The maximum Gasteiger partial charge on any atom is 0.407 e. The van der Waals surface area contributed by atoms with Gasteiger partial charge in [-0.1, -0.05) is 49.2 Å². The summed E-state index contributed by atoms with van der Waals surface area (Å²) in [6.45, 7) is 0.955. The summed E-state index contributed by atoms with van der Waals surface area (Å²) in [6.07, 6.45) is 5.62. The van der Waals surface area contributed by atoms with Crippen molar-refractivity contribution in [2.75, 3.05) is 32.1 Å². The first-order chi connectivity index (χ1) is 19.7. The van der Waals surface area contributed by atoms with Crippen molar-refractivity contribution in [1.29, 1.82) is 0 Å². The first kappa shape index (κ1) is 29.2. The van der Waals surface area contributed by atoms with Crippen molar-refractivity contribution in [2.24, 2.45) is 11.8 Å². The molecule has 1 aliphatic carbocycles. The van der Waals surface area contributed by atoms with Gasteiger partial charge in [-0.2, -0.15) is 0 Å². The first-order valence-electron chi connectivity index (χ1n) is 13.9. The maximum atomic E-state index is 13.6. The van der Waals surface area contributed by atoms with Gasteiger partial charge in [-0.25, -0.2) is 27.9 Å². The van der Waals surface area contributed by atoms with E-state index in [0.29, 0.717) is 53.2 Å². The van der Waals surface area contributed by atoms with Gasteiger partial charge in [0.05, 0.1) is 17.9 Å². The van der Waals surface area contributed by atoms with Crippen LogP contribution in [0.5, 0.6) is 5.88 Å². The van der Waals surface area contributed by atoms with E-state index in [1.54, 1.807) is 31.4 Å². The van der Waals surface area contributed by atoms with E-state index in [4.69, 9.17) is 4.74 Å². The van der Waals surface area contributed by atoms with E-state index in [-0.39, 0.29) is 23.3 Å². The topological polar surface area (TPSA) is 151 Å². The SMILES string of the molecule is COc1ccc2nc(NC(=O)C(CC3CCCC3)c3ccc(S(=O)(=O)NCC4CCCN(C(=O)O)C4)cc3)sc2n1. The Labute approximate surface area is 243 Å². The average Bonchev–Trinajstić information content (AvgIpc) is 3.64.